The third-order valence-corrected chi connectivity index (χ3v) is 3.96. The first-order valence-electron chi connectivity index (χ1n) is 8.44. The van der Waals surface area contributed by atoms with Gasteiger partial charge in [-0.3, -0.25) is 4.79 Å². The maximum atomic E-state index is 11.5. The molecule has 0 aromatic carbocycles. The predicted octanol–water partition coefficient (Wildman–Crippen LogP) is 1.53. The van der Waals surface area contributed by atoms with E-state index in [0.717, 1.165) is 4.68 Å². The molecule has 0 bridgehead atoms. The first-order chi connectivity index (χ1) is 13.6. The van der Waals surface area contributed by atoms with E-state index in [1.54, 1.807) is 12.1 Å². The van der Waals surface area contributed by atoms with Gasteiger partial charge in [0.25, 0.3) is 5.56 Å². The number of nitrogens with zero attached hydrogens (tertiary/aromatic N) is 7. The average Bonchev–Trinajstić information content (AvgIpc) is 2.67. The number of anilines is 1. The van der Waals surface area contributed by atoms with E-state index >= 15 is 0 Å². The topological polar surface area (TPSA) is 130 Å². The van der Waals surface area contributed by atoms with Gasteiger partial charge in [0.2, 0.25) is 22.9 Å². The molecule has 0 aliphatic heterocycles. The van der Waals surface area contributed by atoms with E-state index in [0.29, 0.717) is 35.2 Å². The van der Waals surface area contributed by atoms with Crippen LogP contribution in [0.25, 0.3) is 0 Å². The zero-order chi connectivity index (χ0) is 19.9. The van der Waals surface area contributed by atoms with Crippen LogP contribution >= 0.6 is 11.8 Å². The Morgan fingerprint density at radius 1 is 1.07 bits per heavy atom. The van der Waals surface area contributed by atoms with Crippen LogP contribution in [0.1, 0.15) is 13.8 Å². The molecule has 1 N–H and O–H groups in total. The molecule has 3 aromatic rings. The van der Waals surface area contributed by atoms with Gasteiger partial charge in [0, 0.05) is 31.8 Å². The summed E-state index contributed by atoms with van der Waals surface area (Å²) in [5, 5.41) is 16.0. The van der Waals surface area contributed by atoms with Crippen molar-refractivity contribution in [2.24, 2.45) is 7.05 Å². The zero-order valence-corrected chi connectivity index (χ0v) is 16.3. The lowest BCUT2D eigenvalue weighted by atomic mass is 10.5. The maximum absolute atomic E-state index is 11.5. The molecular weight excluding hydrogens is 384 g/mol. The highest BCUT2D eigenvalue weighted by molar-refractivity contribution is 7.99. The Bertz CT molecular complexity index is 996. The Morgan fingerprint density at radius 2 is 1.89 bits per heavy atom. The highest BCUT2D eigenvalue weighted by Gasteiger charge is 2.12. The lowest BCUT2D eigenvalue weighted by molar-refractivity contribution is 0.321. The number of aryl methyl sites for hydroxylation is 1. The molecule has 0 aliphatic rings. The Balaban J connectivity index is 1.83. The number of aromatic nitrogens is 7. The molecular formula is C16H18N8O3S. The Kier molecular flexibility index (Phi) is 6.32. The minimum absolute atomic E-state index is 0.0403. The number of ether oxygens (including phenoxy) is 2. The Morgan fingerprint density at radius 3 is 2.57 bits per heavy atom. The molecule has 0 saturated carbocycles. The van der Waals surface area contributed by atoms with Gasteiger partial charge in [-0.2, -0.15) is 15.0 Å². The van der Waals surface area contributed by atoms with Crippen LogP contribution < -0.4 is 20.3 Å². The summed E-state index contributed by atoms with van der Waals surface area (Å²) in [4.78, 5) is 24.2. The van der Waals surface area contributed by atoms with Gasteiger partial charge in [0.1, 0.15) is 5.03 Å². The quantitative estimate of drug-likeness (QED) is 0.588. The summed E-state index contributed by atoms with van der Waals surface area (Å²) in [5.74, 6) is 0.979. The summed E-state index contributed by atoms with van der Waals surface area (Å²) in [6.45, 7) is 4.93. The fourth-order valence-corrected chi connectivity index (χ4v) is 2.64. The van der Waals surface area contributed by atoms with Crippen LogP contribution in [0, 0.1) is 0 Å². The average molecular weight is 402 g/mol. The summed E-state index contributed by atoms with van der Waals surface area (Å²) >= 11 is 1.20. The van der Waals surface area contributed by atoms with Crippen LogP contribution in [0.3, 0.4) is 0 Å². The van der Waals surface area contributed by atoms with Crippen LogP contribution in [-0.4, -0.2) is 48.1 Å². The SMILES string of the molecule is CCNc1nc(Oc2ccc(=O)n(C)n2)nc(Sc2ccc(OCC)nn2)n1. The predicted molar refractivity (Wildman–Crippen MR) is 101 cm³/mol. The molecule has 28 heavy (non-hydrogen) atoms. The number of hydrogen-bond acceptors (Lipinski definition) is 11. The van der Waals surface area contributed by atoms with Gasteiger partial charge in [0.15, 0.2) is 0 Å². The van der Waals surface area contributed by atoms with Crippen LogP contribution in [0.5, 0.6) is 17.8 Å². The second kappa shape index (κ2) is 9.08. The van der Waals surface area contributed by atoms with Crippen molar-refractivity contribution >= 4 is 17.7 Å². The van der Waals surface area contributed by atoms with Gasteiger partial charge in [-0.05, 0) is 31.7 Å². The van der Waals surface area contributed by atoms with Crippen molar-refractivity contribution < 1.29 is 9.47 Å². The van der Waals surface area contributed by atoms with E-state index in [4.69, 9.17) is 9.47 Å². The van der Waals surface area contributed by atoms with E-state index in [1.165, 1.54) is 30.9 Å². The summed E-state index contributed by atoms with van der Waals surface area (Å²) < 4.78 is 12.0. The van der Waals surface area contributed by atoms with Crippen LogP contribution in [0.4, 0.5) is 5.95 Å². The van der Waals surface area contributed by atoms with E-state index in [-0.39, 0.29) is 17.4 Å². The fraction of sp³-hybridized carbons (Fsp3) is 0.312. The monoisotopic (exact) mass is 402 g/mol. The third kappa shape index (κ3) is 5.13. The van der Waals surface area contributed by atoms with Gasteiger partial charge < -0.3 is 14.8 Å². The highest BCUT2D eigenvalue weighted by Crippen LogP contribution is 2.26. The summed E-state index contributed by atoms with van der Waals surface area (Å²) in [7, 11) is 1.53. The summed E-state index contributed by atoms with van der Waals surface area (Å²) in [6, 6.07) is 6.31. The van der Waals surface area contributed by atoms with Gasteiger partial charge in [-0.25, -0.2) is 4.68 Å². The minimum atomic E-state index is -0.248. The van der Waals surface area contributed by atoms with Crippen molar-refractivity contribution in [2.45, 2.75) is 24.0 Å². The first kappa shape index (κ1) is 19.5. The van der Waals surface area contributed by atoms with Gasteiger partial charge >= 0.3 is 6.01 Å². The first-order valence-corrected chi connectivity index (χ1v) is 9.25. The minimum Gasteiger partial charge on any atom is -0.477 e. The van der Waals surface area contributed by atoms with Crippen LogP contribution in [0.15, 0.2) is 39.2 Å². The van der Waals surface area contributed by atoms with Crippen molar-refractivity contribution in [3.05, 3.63) is 34.6 Å². The number of nitrogens with one attached hydrogen (secondary N) is 1. The highest BCUT2D eigenvalue weighted by atomic mass is 32.2. The summed E-state index contributed by atoms with van der Waals surface area (Å²) in [5.41, 5.74) is -0.248. The summed E-state index contributed by atoms with van der Waals surface area (Å²) in [6.07, 6.45) is 0. The van der Waals surface area contributed by atoms with Crippen molar-refractivity contribution in [3.8, 4) is 17.8 Å². The van der Waals surface area contributed by atoms with Gasteiger partial charge in [-0.15, -0.1) is 15.3 Å². The third-order valence-electron chi connectivity index (χ3n) is 3.16. The van der Waals surface area contributed by atoms with Gasteiger partial charge in [-0.1, -0.05) is 0 Å². The second-order valence-electron chi connectivity index (χ2n) is 5.23. The molecule has 0 radical (unpaired) electrons. The molecule has 0 saturated heterocycles. The Labute approximate surface area is 164 Å². The number of hydrogen-bond donors (Lipinski definition) is 1. The molecule has 3 heterocycles. The second-order valence-corrected chi connectivity index (χ2v) is 6.22. The molecule has 0 atom stereocenters. The normalized spacial score (nSPS) is 10.5. The molecule has 146 valence electrons. The van der Waals surface area contributed by atoms with Crippen molar-refractivity contribution in [2.75, 3.05) is 18.5 Å². The van der Waals surface area contributed by atoms with Crippen LogP contribution in [-0.2, 0) is 7.05 Å². The Hall–Kier alpha value is -3.28. The zero-order valence-electron chi connectivity index (χ0n) is 15.5. The molecule has 0 fully saturated rings. The van der Waals surface area contributed by atoms with E-state index in [9.17, 15) is 4.79 Å². The maximum Gasteiger partial charge on any atom is 0.329 e. The van der Waals surface area contributed by atoms with Crippen molar-refractivity contribution in [1.29, 1.82) is 0 Å². The molecule has 3 rings (SSSR count). The molecule has 0 aliphatic carbocycles. The number of rotatable bonds is 8. The van der Waals surface area contributed by atoms with Crippen LogP contribution in [0.2, 0.25) is 0 Å². The molecule has 3 aromatic heterocycles. The van der Waals surface area contributed by atoms with Gasteiger partial charge in [0.05, 0.1) is 6.61 Å². The van der Waals surface area contributed by atoms with E-state index < -0.39 is 0 Å². The van der Waals surface area contributed by atoms with E-state index in [1.807, 2.05) is 13.8 Å². The van der Waals surface area contributed by atoms with E-state index in [2.05, 4.69) is 35.6 Å². The molecule has 0 unspecified atom stereocenters. The lowest BCUT2D eigenvalue weighted by Gasteiger charge is -2.08. The lowest BCUT2D eigenvalue weighted by Crippen LogP contribution is -2.18. The van der Waals surface area contributed by atoms with Crippen molar-refractivity contribution in [1.82, 2.24) is 34.9 Å². The molecule has 11 nitrogen and oxygen atoms in total. The largest absolute Gasteiger partial charge is 0.477 e. The molecule has 12 heteroatoms. The molecule has 0 spiro atoms. The smallest absolute Gasteiger partial charge is 0.329 e. The van der Waals surface area contributed by atoms with Crippen molar-refractivity contribution in [3.63, 3.8) is 0 Å². The standard InChI is InChI=1S/C16H18N8O3S/c1-4-17-14-18-15(27-11-7-9-13(25)24(3)23-11)20-16(19-14)28-12-8-6-10(21-22-12)26-5-2/h6-9H,4-5H2,1-3H3,(H,17,18,19,20). The molecule has 0 amide bonds. The fourth-order valence-electron chi connectivity index (χ4n) is 1.98.